The molecule has 0 radical (unpaired) electrons. The summed E-state index contributed by atoms with van der Waals surface area (Å²) >= 11 is 4.52. The largest absolute Gasteiger partial charge is 0.480 e. The number of rotatable bonds is 4. The average molecular weight is 308 g/mol. The Kier molecular flexibility index (Phi) is 4.45. The van der Waals surface area contributed by atoms with E-state index in [1.165, 1.54) is 18.3 Å². The Bertz CT molecular complexity index is 404. The normalized spacial score (nSPS) is 14.2. The van der Waals surface area contributed by atoms with Crippen LogP contribution in [0.15, 0.2) is 15.2 Å². The summed E-state index contributed by atoms with van der Waals surface area (Å²) < 4.78 is 0.779. The molecule has 0 aliphatic carbocycles. The highest BCUT2D eigenvalue weighted by Gasteiger charge is 2.25. The van der Waals surface area contributed by atoms with E-state index < -0.39 is 24.0 Å². The maximum atomic E-state index is 11.6. The fourth-order valence-corrected chi connectivity index (χ4v) is 2.18. The molecule has 0 aromatic carbocycles. The van der Waals surface area contributed by atoms with E-state index in [2.05, 4.69) is 21.2 Å². The second-order valence-electron chi connectivity index (χ2n) is 3.17. The number of aliphatic hydroxyl groups excluding tert-OH is 1. The van der Waals surface area contributed by atoms with Crippen molar-refractivity contribution in [2.24, 2.45) is 0 Å². The van der Waals surface area contributed by atoms with E-state index in [1.54, 1.807) is 11.4 Å². The predicted octanol–water partition coefficient (Wildman–Crippen LogP) is 1.07. The number of hydrogen-bond acceptors (Lipinski definition) is 4. The number of hydrogen-bond donors (Lipinski definition) is 3. The van der Waals surface area contributed by atoms with Crippen molar-refractivity contribution in [3.8, 4) is 0 Å². The summed E-state index contributed by atoms with van der Waals surface area (Å²) in [7, 11) is 0. The molecule has 0 bridgehead atoms. The van der Waals surface area contributed by atoms with Gasteiger partial charge in [-0.2, -0.15) is 0 Å². The molecular formula is C9H10BrNO4S. The van der Waals surface area contributed by atoms with Crippen molar-refractivity contribution in [1.29, 1.82) is 0 Å². The fourth-order valence-electron chi connectivity index (χ4n) is 1.04. The maximum Gasteiger partial charge on any atom is 0.328 e. The Hall–Kier alpha value is -0.920. The van der Waals surface area contributed by atoms with Crippen molar-refractivity contribution in [3.05, 3.63) is 20.8 Å². The quantitative estimate of drug-likeness (QED) is 0.777. The van der Waals surface area contributed by atoms with E-state index in [0.29, 0.717) is 5.56 Å². The van der Waals surface area contributed by atoms with Gasteiger partial charge in [0.15, 0.2) is 6.04 Å². The van der Waals surface area contributed by atoms with Crippen LogP contribution in [0.3, 0.4) is 0 Å². The lowest BCUT2D eigenvalue weighted by Gasteiger charge is -2.16. The number of carboxylic acids is 1. The molecule has 0 spiro atoms. The molecule has 5 nitrogen and oxygen atoms in total. The van der Waals surface area contributed by atoms with Crippen LogP contribution in [0.1, 0.15) is 17.3 Å². The van der Waals surface area contributed by atoms with Crippen LogP contribution in [-0.4, -0.2) is 34.2 Å². The van der Waals surface area contributed by atoms with Gasteiger partial charge in [-0.05, 0) is 28.9 Å². The van der Waals surface area contributed by atoms with Crippen molar-refractivity contribution in [2.45, 2.75) is 19.1 Å². The van der Waals surface area contributed by atoms with Crippen LogP contribution in [0.5, 0.6) is 0 Å². The number of thiophene rings is 1. The first-order valence-corrected chi connectivity index (χ1v) is 6.05. The number of amides is 1. The number of halogens is 1. The first-order chi connectivity index (χ1) is 7.41. The molecule has 0 aliphatic heterocycles. The van der Waals surface area contributed by atoms with Crippen molar-refractivity contribution in [2.75, 3.05) is 0 Å². The van der Waals surface area contributed by atoms with Gasteiger partial charge in [-0.15, -0.1) is 11.3 Å². The Morgan fingerprint density at radius 3 is 2.56 bits per heavy atom. The molecule has 0 saturated carbocycles. The van der Waals surface area contributed by atoms with Gasteiger partial charge in [-0.3, -0.25) is 4.79 Å². The molecule has 1 amide bonds. The van der Waals surface area contributed by atoms with Gasteiger partial charge in [-0.25, -0.2) is 4.79 Å². The molecule has 1 heterocycles. The third-order valence-electron chi connectivity index (χ3n) is 1.86. The summed E-state index contributed by atoms with van der Waals surface area (Å²) in [6.45, 7) is 1.31. The summed E-state index contributed by atoms with van der Waals surface area (Å²) in [5.74, 6) is -1.78. The fraction of sp³-hybridized carbons (Fsp3) is 0.333. The molecule has 0 aliphatic rings. The molecule has 1 rings (SSSR count). The number of carboxylic acid groups (broad SMARTS) is 1. The third-order valence-corrected chi connectivity index (χ3v) is 3.37. The van der Waals surface area contributed by atoms with Gasteiger partial charge in [-0.1, -0.05) is 0 Å². The summed E-state index contributed by atoms with van der Waals surface area (Å²) in [6.07, 6.45) is -1.15. The number of carbonyl (C=O) groups is 2. The molecule has 0 fully saturated rings. The van der Waals surface area contributed by atoms with Crippen LogP contribution in [0.4, 0.5) is 0 Å². The van der Waals surface area contributed by atoms with E-state index >= 15 is 0 Å². The molecule has 16 heavy (non-hydrogen) atoms. The Morgan fingerprint density at radius 2 is 2.19 bits per heavy atom. The van der Waals surface area contributed by atoms with Crippen molar-refractivity contribution < 1.29 is 19.8 Å². The lowest BCUT2D eigenvalue weighted by atomic mass is 10.1. The predicted molar refractivity (Wildman–Crippen MR) is 62.6 cm³/mol. The molecule has 0 saturated heterocycles. The second-order valence-corrected chi connectivity index (χ2v) is 5.46. The number of aliphatic hydroxyl groups is 1. The van der Waals surface area contributed by atoms with Crippen LogP contribution < -0.4 is 5.32 Å². The Morgan fingerprint density at radius 1 is 1.56 bits per heavy atom. The topological polar surface area (TPSA) is 86.6 Å². The van der Waals surface area contributed by atoms with E-state index in [4.69, 9.17) is 5.11 Å². The minimum Gasteiger partial charge on any atom is -0.480 e. The van der Waals surface area contributed by atoms with Crippen molar-refractivity contribution in [3.63, 3.8) is 0 Å². The highest BCUT2D eigenvalue weighted by molar-refractivity contribution is 9.11. The van der Waals surface area contributed by atoms with Crippen LogP contribution in [-0.2, 0) is 4.79 Å². The highest BCUT2D eigenvalue weighted by Crippen LogP contribution is 2.20. The van der Waals surface area contributed by atoms with Gasteiger partial charge in [0.1, 0.15) is 0 Å². The van der Waals surface area contributed by atoms with E-state index in [-0.39, 0.29) is 0 Å². The Balaban J connectivity index is 2.73. The lowest BCUT2D eigenvalue weighted by Crippen LogP contribution is -2.47. The molecule has 1 aromatic heterocycles. The van der Waals surface area contributed by atoms with Gasteiger partial charge >= 0.3 is 5.97 Å². The van der Waals surface area contributed by atoms with E-state index in [9.17, 15) is 14.7 Å². The summed E-state index contributed by atoms with van der Waals surface area (Å²) in [5.41, 5.74) is 0.365. The zero-order valence-corrected chi connectivity index (χ0v) is 10.7. The number of carbonyl (C=O) groups excluding carboxylic acids is 1. The first kappa shape index (κ1) is 13.1. The second kappa shape index (κ2) is 5.42. The minimum atomic E-state index is -1.30. The molecule has 88 valence electrons. The van der Waals surface area contributed by atoms with Gasteiger partial charge in [0, 0.05) is 5.38 Å². The molecule has 3 N–H and O–H groups in total. The van der Waals surface area contributed by atoms with Crippen molar-refractivity contribution in [1.82, 2.24) is 5.32 Å². The van der Waals surface area contributed by atoms with Gasteiger partial charge in [0.25, 0.3) is 5.91 Å². The molecule has 7 heteroatoms. The smallest absolute Gasteiger partial charge is 0.328 e. The van der Waals surface area contributed by atoms with Gasteiger partial charge < -0.3 is 15.5 Å². The van der Waals surface area contributed by atoms with Crippen LogP contribution in [0.25, 0.3) is 0 Å². The zero-order chi connectivity index (χ0) is 12.3. The van der Waals surface area contributed by atoms with Crippen LogP contribution in [0, 0.1) is 0 Å². The minimum absolute atomic E-state index is 0.365. The third kappa shape index (κ3) is 3.29. The lowest BCUT2D eigenvalue weighted by molar-refractivity contribution is -0.141. The van der Waals surface area contributed by atoms with Crippen molar-refractivity contribution >= 4 is 39.1 Å². The SMILES string of the molecule is C[C@@H](O)[C@H](NC(=O)c1csc(Br)c1)C(=O)O. The summed E-state index contributed by atoms with van der Waals surface area (Å²) in [4.78, 5) is 22.3. The molecule has 2 atom stereocenters. The summed E-state index contributed by atoms with van der Waals surface area (Å²) in [6, 6.07) is 0.284. The molecular weight excluding hydrogens is 298 g/mol. The zero-order valence-electron chi connectivity index (χ0n) is 8.31. The van der Waals surface area contributed by atoms with E-state index in [0.717, 1.165) is 3.79 Å². The summed E-state index contributed by atoms with van der Waals surface area (Å²) in [5, 5.41) is 21.8. The van der Waals surface area contributed by atoms with Crippen LogP contribution >= 0.6 is 27.3 Å². The monoisotopic (exact) mass is 307 g/mol. The van der Waals surface area contributed by atoms with Gasteiger partial charge in [0.2, 0.25) is 0 Å². The van der Waals surface area contributed by atoms with E-state index in [1.807, 2.05) is 0 Å². The number of aliphatic carboxylic acids is 1. The van der Waals surface area contributed by atoms with Crippen LogP contribution in [0.2, 0.25) is 0 Å². The average Bonchev–Trinajstić information content (AvgIpc) is 2.59. The number of nitrogens with one attached hydrogen (secondary N) is 1. The maximum absolute atomic E-state index is 11.6. The standard InChI is InChI=1S/C9H10BrNO4S/c1-4(12)7(9(14)15)11-8(13)5-2-6(10)16-3-5/h2-4,7,12H,1H3,(H,11,13)(H,14,15)/t4-,7+/m1/s1. The first-order valence-electron chi connectivity index (χ1n) is 4.37. The molecule has 0 unspecified atom stereocenters. The highest BCUT2D eigenvalue weighted by atomic mass is 79.9. The Labute approximate surface area is 104 Å². The molecule has 1 aromatic rings. The van der Waals surface area contributed by atoms with Gasteiger partial charge in [0.05, 0.1) is 15.5 Å².